The third kappa shape index (κ3) is 5.75. The molecular weight excluding hydrogens is 444 g/mol. The maximum absolute atomic E-state index is 12.7. The molecule has 2 aromatic carbocycles. The Morgan fingerprint density at radius 1 is 1.06 bits per heavy atom. The molecule has 0 spiro atoms. The van der Waals surface area contributed by atoms with Crippen molar-refractivity contribution in [2.75, 3.05) is 32.1 Å². The van der Waals surface area contributed by atoms with Crippen LogP contribution in [0.1, 0.15) is 29.6 Å². The first kappa shape index (κ1) is 23.1. The number of sulfonamides is 1. The van der Waals surface area contributed by atoms with Gasteiger partial charge in [-0.3, -0.25) is 4.79 Å². The maximum atomic E-state index is 12.7. The van der Waals surface area contributed by atoms with E-state index in [0.717, 1.165) is 19.3 Å². The Balaban J connectivity index is 1.59. The molecule has 2 aromatic rings. The fourth-order valence-corrected chi connectivity index (χ4v) is 5.00. The number of nitrogens with one attached hydrogen (secondary N) is 1. The summed E-state index contributed by atoms with van der Waals surface area (Å²) in [4.78, 5) is 23.7. The van der Waals surface area contributed by atoms with Crippen LogP contribution >= 0.6 is 11.6 Å². The average molecular weight is 467 g/mol. The first-order valence-electron chi connectivity index (χ1n) is 9.72. The molecule has 0 unspecified atom stereocenters. The van der Waals surface area contributed by atoms with Crippen molar-refractivity contribution in [3.8, 4) is 5.75 Å². The van der Waals surface area contributed by atoms with Crippen LogP contribution in [0.2, 0.25) is 5.02 Å². The number of hydrogen-bond donors (Lipinski definition) is 1. The van der Waals surface area contributed by atoms with Gasteiger partial charge >= 0.3 is 5.97 Å². The van der Waals surface area contributed by atoms with Gasteiger partial charge in [0.2, 0.25) is 10.0 Å². The molecule has 8 nitrogen and oxygen atoms in total. The molecular formula is C21H23ClN2O6S. The van der Waals surface area contributed by atoms with E-state index in [1.807, 2.05) is 0 Å². The van der Waals surface area contributed by atoms with Crippen molar-refractivity contribution in [1.29, 1.82) is 0 Å². The van der Waals surface area contributed by atoms with E-state index in [0.29, 0.717) is 24.3 Å². The number of halogens is 1. The van der Waals surface area contributed by atoms with E-state index in [4.69, 9.17) is 16.3 Å². The average Bonchev–Trinajstić information content (AvgIpc) is 2.78. The molecule has 0 saturated carbocycles. The van der Waals surface area contributed by atoms with Crippen molar-refractivity contribution in [2.24, 2.45) is 0 Å². The largest absolute Gasteiger partial charge is 0.482 e. The number of methoxy groups -OCH3 is 1. The second-order valence-corrected chi connectivity index (χ2v) is 9.31. The molecule has 1 aliphatic rings. The Morgan fingerprint density at radius 3 is 2.35 bits per heavy atom. The number of esters is 1. The molecule has 1 fully saturated rings. The van der Waals surface area contributed by atoms with E-state index in [1.165, 1.54) is 41.7 Å². The van der Waals surface area contributed by atoms with Gasteiger partial charge in [-0.25, -0.2) is 13.2 Å². The van der Waals surface area contributed by atoms with Crippen LogP contribution in [0.15, 0.2) is 47.4 Å². The van der Waals surface area contributed by atoms with Crippen molar-refractivity contribution < 1.29 is 27.5 Å². The second-order valence-electron chi connectivity index (χ2n) is 6.96. The Hall–Kier alpha value is -2.62. The van der Waals surface area contributed by atoms with Crippen molar-refractivity contribution in [3.63, 3.8) is 0 Å². The fourth-order valence-electron chi connectivity index (χ4n) is 3.16. The summed E-state index contributed by atoms with van der Waals surface area (Å²) >= 11 is 6.20. The Morgan fingerprint density at radius 2 is 1.74 bits per heavy atom. The van der Waals surface area contributed by atoms with Gasteiger partial charge in [0.15, 0.2) is 6.61 Å². The van der Waals surface area contributed by atoms with Crippen LogP contribution in [0.5, 0.6) is 5.75 Å². The van der Waals surface area contributed by atoms with Gasteiger partial charge in [0.05, 0.1) is 22.6 Å². The van der Waals surface area contributed by atoms with Crippen LogP contribution in [-0.2, 0) is 19.6 Å². The standard InChI is InChI=1S/C21H23ClN2O6S/c1-29-21(26)15-5-7-16(8-6-15)23-20(25)14-30-19-10-9-17(13-18(19)22)31(27,28)24-11-3-2-4-12-24/h5-10,13H,2-4,11-12,14H2,1H3,(H,23,25). The molecule has 1 saturated heterocycles. The summed E-state index contributed by atoms with van der Waals surface area (Å²) < 4.78 is 37.0. The third-order valence-electron chi connectivity index (χ3n) is 4.80. The van der Waals surface area contributed by atoms with E-state index >= 15 is 0 Å². The molecule has 0 aromatic heterocycles. The molecule has 1 amide bonds. The number of amides is 1. The zero-order valence-electron chi connectivity index (χ0n) is 17.0. The number of piperidine rings is 1. The molecule has 166 valence electrons. The van der Waals surface area contributed by atoms with Crippen LogP contribution in [0, 0.1) is 0 Å². The molecule has 0 radical (unpaired) electrons. The Kier molecular flexibility index (Phi) is 7.53. The monoisotopic (exact) mass is 466 g/mol. The zero-order valence-corrected chi connectivity index (χ0v) is 18.5. The smallest absolute Gasteiger partial charge is 0.337 e. The van der Waals surface area contributed by atoms with Crippen LogP contribution in [0.25, 0.3) is 0 Å². The highest BCUT2D eigenvalue weighted by Crippen LogP contribution is 2.29. The quantitative estimate of drug-likeness (QED) is 0.628. The first-order valence-corrected chi connectivity index (χ1v) is 11.5. The highest BCUT2D eigenvalue weighted by atomic mass is 35.5. The summed E-state index contributed by atoms with van der Waals surface area (Å²) in [6, 6.07) is 10.4. The summed E-state index contributed by atoms with van der Waals surface area (Å²) in [6.45, 7) is 0.675. The van der Waals surface area contributed by atoms with Gasteiger partial charge in [0.1, 0.15) is 5.75 Å². The number of anilines is 1. The van der Waals surface area contributed by atoms with E-state index in [1.54, 1.807) is 12.1 Å². The normalized spacial score (nSPS) is 14.6. The van der Waals surface area contributed by atoms with Crippen LogP contribution < -0.4 is 10.1 Å². The molecule has 0 bridgehead atoms. The number of carbonyl (C=O) groups is 2. The van der Waals surface area contributed by atoms with E-state index < -0.39 is 21.9 Å². The Labute approximate surface area is 186 Å². The lowest BCUT2D eigenvalue weighted by molar-refractivity contribution is -0.118. The predicted octanol–water partition coefficient (Wildman–Crippen LogP) is 3.32. The lowest BCUT2D eigenvalue weighted by Gasteiger charge is -2.26. The summed E-state index contributed by atoms with van der Waals surface area (Å²) in [5.41, 5.74) is 0.846. The highest BCUT2D eigenvalue weighted by Gasteiger charge is 2.26. The van der Waals surface area contributed by atoms with Crippen LogP contribution in [0.3, 0.4) is 0 Å². The first-order chi connectivity index (χ1) is 14.8. The molecule has 3 rings (SSSR count). The second kappa shape index (κ2) is 10.1. The van der Waals surface area contributed by atoms with E-state index in [9.17, 15) is 18.0 Å². The Bertz CT molecular complexity index is 1050. The molecule has 1 N–H and O–H groups in total. The van der Waals surface area contributed by atoms with Crippen LogP contribution in [-0.4, -0.2) is 51.4 Å². The van der Waals surface area contributed by atoms with Gasteiger partial charge in [0.25, 0.3) is 5.91 Å². The summed E-state index contributed by atoms with van der Waals surface area (Å²) in [6.07, 6.45) is 2.71. The molecule has 1 aliphatic heterocycles. The minimum Gasteiger partial charge on any atom is -0.482 e. The number of carbonyl (C=O) groups excluding carboxylic acids is 2. The summed E-state index contributed by atoms with van der Waals surface area (Å²) in [5, 5.41) is 2.74. The fraction of sp³-hybridized carbons (Fsp3) is 0.333. The number of hydrogen-bond acceptors (Lipinski definition) is 6. The molecule has 0 aliphatic carbocycles. The zero-order chi connectivity index (χ0) is 22.4. The molecule has 10 heteroatoms. The topological polar surface area (TPSA) is 102 Å². The minimum absolute atomic E-state index is 0.0990. The van der Waals surface area contributed by atoms with Gasteiger partial charge in [-0.1, -0.05) is 18.0 Å². The van der Waals surface area contributed by atoms with Gasteiger partial charge in [0, 0.05) is 18.8 Å². The molecule has 31 heavy (non-hydrogen) atoms. The number of rotatable bonds is 7. The summed E-state index contributed by atoms with van der Waals surface area (Å²) in [5.74, 6) is -0.705. The van der Waals surface area contributed by atoms with E-state index in [2.05, 4.69) is 10.1 Å². The van der Waals surface area contributed by atoms with Gasteiger partial charge in [-0.2, -0.15) is 4.31 Å². The van der Waals surface area contributed by atoms with Crippen molar-refractivity contribution in [3.05, 3.63) is 53.1 Å². The highest BCUT2D eigenvalue weighted by molar-refractivity contribution is 7.89. The molecule has 0 atom stereocenters. The molecule has 1 heterocycles. The van der Waals surface area contributed by atoms with Gasteiger partial charge in [-0.05, 0) is 55.3 Å². The number of ether oxygens (including phenoxy) is 2. The van der Waals surface area contributed by atoms with Crippen molar-refractivity contribution >= 4 is 39.2 Å². The van der Waals surface area contributed by atoms with E-state index in [-0.39, 0.29) is 22.3 Å². The van der Waals surface area contributed by atoms with Crippen molar-refractivity contribution in [2.45, 2.75) is 24.2 Å². The third-order valence-corrected chi connectivity index (χ3v) is 6.99. The van der Waals surface area contributed by atoms with Crippen LogP contribution in [0.4, 0.5) is 5.69 Å². The number of benzene rings is 2. The SMILES string of the molecule is COC(=O)c1ccc(NC(=O)COc2ccc(S(=O)(=O)N3CCCCC3)cc2Cl)cc1. The predicted molar refractivity (Wildman–Crippen MR) is 116 cm³/mol. The summed E-state index contributed by atoms with van der Waals surface area (Å²) in [7, 11) is -2.32. The lowest BCUT2D eigenvalue weighted by atomic mass is 10.2. The maximum Gasteiger partial charge on any atom is 0.337 e. The number of nitrogens with zero attached hydrogens (tertiary/aromatic N) is 1. The lowest BCUT2D eigenvalue weighted by Crippen LogP contribution is -2.35. The van der Waals surface area contributed by atoms with Gasteiger partial charge in [-0.15, -0.1) is 0 Å². The minimum atomic E-state index is -3.60. The van der Waals surface area contributed by atoms with Crippen molar-refractivity contribution in [1.82, 2.24) is 4.31 Å². The van der Waals surface area contributed by atoms with Gasteiger partial charge < -0.3 is 14.8 Å².